The summed E-state index contributed by atoms with van der Waals surface area (Å²) in [5.41, 5.74) is 7.92. The highest BCUT2D eigenvalue weighted by Crippen LogP contribution is 2.27. The van der Waals surface area contributed by atoms with Crippen LogP contribution in [0.4, 0.5) is 5.69 Å². The Morgan fingerprint density at radius 1 is 1.04 bits per heavy atom. The van der Waals surface area contributed by atoms with E-state index in [1.54, 1.807) is 56.5 Å². The van der Waals surface area contributed by atoms with Crippen LogP contribution in [0.15, 0.2) is 36.4 Å². The lowest BCUT2D eigenvalue weighted by Gasteiger charge is -2.19. The normalized spacial score (nSPS) is 10.3. The molecule has 2 aromatic carbocycles. The van der Waals surface area contributed by atoms with E-state index in [2.05, 4.69) is 0 Å². The summed E-state index contributed by atoms with van der Waals surface area (Å²) >= 11 is 0. The molecule has 0 saturated heterocycles. The highest BCUT2D eigenvalue weighted by atomic mass is 16.5. The Bertz CT molecular complexity index is 739. The summed E-state index contributed by atoms with van der Waals surface area (Å²) in [6.07, 6.45) is 0.698. The summed E-state index contributed by atoms with van der Waals surface area (Å²) in [7, 11) is 4.97. The third kappa shape index (κ3) is 5.05. The summed E-state index contributed by atoms with van der Waals surface area (Å²) in [5.74, 6) is 1.97. The number of carbonyl (C=O) groups is 1. The molecule has 1 amide bonds. The van der Waals surface area contributed by atoms with E-state index in [4.69, 9.17) is 19.9 Å². The van der Waals surface area contributed by atoms with Gasteiger partial charge in [-0.25, -0.2) is 0 Å². The van der Waals surface area contributed by atoms with Gasteiger partial charge in [-0.15, -0.1) is 0 Å². The molecule has 0 aliphatic heterocycles. The Hall–Kier alpha value is -2.89. The highest BCUT2D eigenvalue weighted by Gasteiger charge is 2.14. The summed E-state index contributed by atoms with van der Waals surface area (Å²) in [4.78, 5) is 14.2. The van der Waals surface area contributed by atoms with Crippen LogP contribution in [0.1, 0.15) is 22.3 Å². The minimum absolute atomic E-state index is 0.0437. The van der Waals surface area contributed by atoms with Crippen LogP contribution < -0.4 is 19.9 Å². The topological polar surface area (TPSA) is 74.0 Å². The van der Waals surface area contributed by atoms with E-state index in [0.717, 1.165) is 5.56 Å². The van der Waals surface area contributed by atoms with Gasteiger partial charge in [-0.1, -0.05) is 6.07 Å². The number of nitrogens with zero attached hydrogens (tertiary/aromatic N) is 1. The monoisotopic (exact) mass is 358 g/mol. The standard InChI is InChI=1S/C20H26N2O4/c1-14-6-7-15(21)10-19(14)20(23)22(2)8-5-9-26-18-12-16(24-3)11-17(13-18)25-4/h6-7,10-13H,5,8-9,21H2,1-4H3. The molecule has 0 unspecified atom stereocenters. The molecule has 0 aromatic heterocycles. The van der Waals surface area contributed by atoms with E-state index in [1.807, 2.05) is 13.0 Å². The molecule has 26 heavy (non-hydrogen) atoms. The first-order chi connectivity index (χ1) is 12.4. The van der Waals surface area contributed by atoms with Gasteiger partial charge in [-0.2, -0.15) is 0 Å². The summed E-state index contributed by atoms with van der Waals surface area (Å²) < 4.78 is 16.2. The molecule has 140 valence electrons. The van der Waals surface area contributed by atoms with E-state index >= 15 is 0 Å². The fourth-order valence-electron chi connectivity index (χ4n) is 2.53. The number of carbonyl (C=O) groups excluding carboxylic acids is 1. The van der Waals surface area contributed by atoms with Crippen molar-refractivity contribution in [2.24, 2.45) is 0 Å². The van der Waals surface area contributed by atoms with E-state index in [1.165, 1.54) is 0 Å². The third-order valence-corrected chi connectivity index (χ3v) is 4.07. The molecule has 2 N–H and O–H groups in total. The minimum Gasteiger partial charge on any atom is -0.496 e. The van der Waals surface area contributed by atoms with Crippen LogP contribution in [0, 0.1) is 6.92 Å². The van der Waals surface area contributed by atoms with Crippen molar-refractivity contribution >= 4 is 11.6 Å². The molecule has 0 fully saturated rings. The number of methoxy groups -OCH3 is 2. The number of benzene rings is 2. The molecule has 2 aromatic rings. The maximum Gasteiger partial charge on any atom is 0.253 e. The largest absolute Gasteiger partial charge is 0.496 e. The first-order valence-electron chi connectivity index (χ1n) is 8.42. The fourth-order valence-corrected chi connectivity index (χ4v) is 2.53. The molecule has 0 saturated carbocycles. The second kappa shape index (κ2) is 8.99. The third-order valence-electron chi connectivity index (χ3n) is 4.07. The SMILES string of the molecule is COc1cc(OC)cc(OCCCN(C)C(=O)c2cc(N)ccc2C)c1. The number of hydrogen-bond acceptors (Lipinski definition) is 5. The van der Waals surface area contributed by atoms with Crippen molar-refractivity contribution in [3.05, 3.63) is 47.5 Å². The Balaban J connectivity index is 1.87. The van der Waals surface area contributed by atoms with E-state index in [-0.39, 0.29) is 5.91 Å². The summed E-state index contributed by atoms with van der Waals surface area (Å²) in [6, 6.07) is 10.7. The molecular formula is C20H26N2O4. The number of ether oxygens (including phenoxy) is 3. The number of nitrogen functional groups attached to an aromatic ring is 1. The van der Waals surface area contributed by atoms with Crippen molar-refractivity contribution in [2.45, 2.75) is 13.3 Å². The predicted molar refractivity (Wildman–Crippen MR) is 102 cm³/mol. The molecule has 0 bridgehead atoms. The van der Waals surface area contributed by atoms with Crippen molar-refractivity contribution in [3.63, 3.8) is 0 Å². The van der Waals surface area contributed by atoms with Crippen LogP contribution in [0.25, 0.3) is 0 Å². The van der Waals surface area contributed by atoms with Gasteiger partial charge in [-0.3, -0.25) is 4.79 Å². The Morgan fingerprint density at radius 2 is 1.65 bits per heavy atom. The fraction of sp³-hybridized carbons (Fsp3) is 0.350. The second-order valence-electron chi connectivity index (χ2n) is 6.05. The maximum atomic E-state index is 12.5. The zero-order valence-electron chi connectivity index (χ0n) is 15.7. The molecule has 2 rings (SSSR count). The average Bonchev–Trinajstić information content (AvgIpc) is 2.65. The van der Waals surface area contributed by atoms with Crippen LogP contribution in [-0.2, 0) is 0 Å². The predicted octanol–water partition coefficient (Wildman–Crippen LogP) is 3.14. The van der Waals surface area contributed by atoms with Gasteiger partial charge in [0.1, 0.15) is 17.2 Å². The number of hydrogen-bond donors (Lipinski definition) is 1. The zero-order chi connectivity index (χ0) is 19.1. The lowest BCUT2D eigenvalue weighted by Crippen LogP contribution is -2.29. The van der Waals surface area contributed by atoms with Crippen molar-refractivity contribution in [1.82, 2.24) is 4.90 Å². The molecule has 0 spiro atoms. The van der Waals surface area contributed by atoms with Gasteiger partial charge in [-0.05, 0) is 31.0 Å². The van der Waals surface area contributed by atoms with Gasteiger partial charge in [0.15, 0.2) is 0 Å². The number of anilines is 1. The molecule has 6 nitrogen and oxygen atoms in total. The van der Waals surface area contributed by atoms with Gasteiger partial charge < -0.3 is 24.8 Å². The maximum absolute atomic E-state index is 12.5. The van der Waals surface area contributed by atoms with Crippen LogP contribution in [0.3, 0.4) is 0 Å². The van der Waals surface area contributed by atoms with E-state index < -0.39 is 0 Å². The van der Waals surface area contributed by atoms with Gasteiger partial charge >= 0.3 is 0 Å². The summed E-state index contributed by atoms with van der Waals surface area (Å²) in [6.45, 7) is 2.96. The van der Waals surface area contributed by atoms with Gasteiger partial charge in [0.2, 0.25) is 0 Å². The Kier molecular flexibility index (Phi) is 6.72. The first-order valence-corrected chi connectivity index (χ1v) is 8.42. The van der Waals surface area contributed by atoms with Crippen molar-refractivity contribution in [1.29, 1.82) is 0 Å². The average molecular weight is 358 g/mol. The number of nitrogens with two attached hydrogens (primary N) is 1. The Labute approximate surface area is 154 Å². The molecular weight excluding hydrogens is 332 g/mol. The lowest BCUT2D eigenvalue weighted by atomic mass is 10.1. The van der Waals surface area contributed by atoms with Crippen molar-refractivity contribution in [2.75, 3.05) is 40.2 Å². The van der Waals surface area contributed by atoms with Crippen LogP contribution >= 0.6 is 0 Å². The van der Waals surface area contributed by atoms with Crippen molar-refractivity contribution < 1.29 is 19.0 Å². The van der Waals surface area contributed by atoms with E-state index in [9.17, 15) is 4.79 Å². The lowest BCUT2D eigenvalue weighted by molar-refractivity contribution is 0.0787. The first kappa shape index (κ1) is 19.4. The van der Waals surface area contributed by atoms with E-state index in [0.29, 0.717) is 48.1 Å². The van der Waals surface area contributed by atoms with Gasteiger partial charge in [0.25, 0.3) is 5.91 Å². The molecule has 0 radical (unpaired) electrons. The smallest absolute Gasteiger partial charge is 0.253 e. The van der Waals surface area contributed by atoms with Crippen LogP contribution in [0.2, 0.25) is 0 Å². The number of aryl methyl sites for hydroxylation is 1. The molecule has 0 aliphatic carbocycles. The number of amides is 1. The highest BCUT2D eigenvalue weighted by molar-refractivity contribution is 5.96. The van der Waals surface area contributed by atoms with Crippen LogP contribution in [0.5, 0.6) is 17.2 Å². The number of rotatable bonds is 8. The Morgan fingerprint density at radius 3 is 2.27 bits per heavy atom. The van der Waals surface area contributed by atoms with Gasteiger partial charge in [0, 0.05) is 43.0 Å². The molecule has 0 aliphatic rings. The molecule has 6 heteroatoms. The summed E-state index contributed by atoms with van der Waals surface area (Å²) in [5, 5.41) is 0. The van der Waals surface area contributed by atoms with Gasteiger partial charge in [0.05, 0.1) is 20.8 Å². The minimum atomic E-state index is -0.0437. The molecule has 0 atom stereocenters. The van der Waals surface area contributed by atoms with Crippen LogP contribution in [-0.4, -0.2) is 45.2 Å². The molecule has 0 heterocycles. The zero-order valence-corrected chi connectivity index (χ0v) is 15.7. The second-order valence-corrected chi connectivity index (χ2v) is 6.05. The van der Waals surface area contributed by atoms with Crippen molar-refractivity contribution in [3.8, 4) is 17.2 Å². The quantitative estimate of drug-likeness (QED) is 0.580.